The van der Waals surface area contributed by atoms with Gasteiger partial charge >= 0.3 is 5.63 Å². The zero-order valence-electron chi connectivity index (χ0n) is 15.4. The average Bonchev–Trinajstić information content (AvgIpc) is 2.71. The van der Waals surface area contributed by atoms with Crippen molar-refractivity contribution >= 4 is 22.6 Å². The predicted molar refractivity (Wildman–Crippen MR) is 113 cm³/mol. The highest BCUT2D eigenvalue weighted by atomic mass is 35.5. The van der Waals surface area contributed by atoms with E-state index in [1.54, 1.807) is 6.07 Å². The summed E-state index contributed by atoms with van der Waals surface area (Å²) in [7, 11) is 0. The molecule has 3 nitrogen and oxygen atoms in total. The molecule has 0 radical (unpaired) electrons. The highest BCUT2D eigenvalue weighted by molar-refractivity contribution is 6.30. The van der Waals surface area contributed by atoms with Crippen LogP contribution in [0.3, 0.4) is 0 Å². The molecule has 0 saturated heterocycles. The Morgan fingerprint density at radius 2 is 1.79 bits per heavy atom. The van der Waals surface area contributed by atoms with Crippen molar-refractivity contribution in [2.75, 3.05) is 0 Å². The molecule has 140 valence electrons. The van der Waals surface area contributed by atoms with Crippen LogP contribution in [0, 0.1) is 0 Å². The average molecular weight is 391 g/mol. The van der Waals surface area contributed by atoms with Gasteiger partial charge in [0.15, 0.2) is 0 Å². The molecule has 0 saturated carbocycles. The molecule has 1 heterocycles. The van der Waals surface area contributed by atoms with Crippen LogP contribution in [0.25, 0.3) is 22.1 Å². The second-order valence-corrected chi connectivity index (χ2v) is 7.01. The fourth-order valence-corrected chi connectivity index (χ4v) is 3.50. The van der Waals surface area contributed by atoms with Crippen LogP contribution in [0.4, 0.5) is 0 Å². The molecular formula is C24H19ClO3. The lowest BCUT2D eigenvalue weighted by atomic mass is 9.99. The van der Waals surface area contributed by atoms with Crippen molar-refractivity contribution in [3.8, 4) is 16.9 Å². The van der Waals surface area contributed by atoms with Crippen molar-refractivity contribution in [1.82, 2.24) is 0 Å². The molecule has 0 aliphatic rings. The Bertz CT molecular complexity index is 1180. The molecule has 0 fully saturated rings. The highest BCUT2D eigenvalue weighted by Gasteiger charge is 2.13. The first-order valence-electron chi connectivity index (χ1n) is 9.17. The number of benzene rings is 3. The SMILES string of the molecule is CCc1cc2c(-c3ccccc3)cc(=O)oc2cc1OCc1cccc(Cl)c1. The fourth-order valence-electron chi connectivity index (χ4n) is 3.29. The molecule has 0 bridgehead atoms. The minimum absolute atomic E-state index is 0.378. The lowest BCUT2D eigenvalue weighted by molar-refractivity contribution is 0.303. The number of aryl methyl sites for hydroxylation is 1. The van der Waals surface area contributed by atoms with Crippen LogP contribution in [-0.4, -0.2) is 0 Å². The summed E-state index contributed by atoms with van der Waals surface area (Å²) in [6, 6.07) is 22.8. The predicted octanol–water partition coefficient (Wildman–Crippen LogP) is 6.25. The van der Waals surface area contributed by atoms with Gasteiger partial charge in [0.2, 0.25) is 0 Å². The molecule has 4 aromatic rings. The minimum atomic E-state index is -0.378. The van der Waals surface area contributed by atoms with Crippen LogP contribution < -0.4 is 10.4 Å². The quantitative estimate of drug-likeness (QED) is 0.378. The van der Waals surface area contributed by atoms with Gasteiger partial charge in [-0.05, 0) is 46.9 Å². The van der Waals surface area contributed by atoms with Gasteiger partial charge in [0, 0.05) is 22.5 Å². The summed E-state index contributed by atoms with van der Waals surface area (Å²) in [5.41, 5.74) is 4.02. The summed E-state index contributed by atoms with van der Waals surface area (Å²) in [6.07, 6.45) is 0.800. The Balaban J connectivity index is 1.78. The largest absolute Gasteiger partial charge is 0.488 e. The van der Waals surface area contributed by atoms with Gasteiger partial charge < -0.3 is 9.15 Å². The Labute approximate surface area is 168 Å². The van der Waals surface area contributed by atoms with E-state index in [9.17, 15) is 4.79 Å². The summed E-state index contributed by atoms with van der Waals surface area (Å²) in [6.45, 7) is 2.47. The van der Waals surface area contributed by atoms with Crippen LogP contribution in [0.15, 0.2) is 82.0 Å². The molecular weight excluding hydrogens is 372 g/mol. The number of fused-ring (bicyclic) bond motifs is 1. The lowest BCUT2D eigenvalue weighted by Crippen LogP contribution is -2.02. The van der Waals surface area contributed by atoms with Gasteiger partial charge in [0.25, 0.3) is 0 Å². The number of ether oxygens (including phenoxy) is 1. The number of rotatable bonds is 5. The maximum absolute atomic E-state index is 12.1. The first-order chi connectivity index (χ1) is 13.6. The third kappa shape index (κ3) is 3.80. The van der Waals surface area contributed by atoms with Crippen molar-refractivity contribution in [2.45, 2.75) is 20.0 Å². The second-order valence-electron chi connectivity index (χ2n) is 6.57. The van der Waals surface area contributed by atoms with Gasteiger partial charge in [-0.1, -0.05) is 61.0 Å². The summed E-state index contributed by atoms with van der Waals surface area (Å²) in [4.78, 5) is 12.1. The zero-order chi connectivity index (χ0) is 19.5. The van der Waals surface area contributed by atoms with Crippen LogP contribution in [-0.2, 0) is 13.0 Å². The summed E-state index contributed by atoms with van der Waals surface area (Å²) < 4.78 is 11.5. The van der Waals surface area contributed by atoms with Gasteiger partial charge in [0.05, 0.1) is 0 Å². The van der Waals surface area contributed by atoms with Gasteiger partial charge in [-0.3, -0.25) is 0 Å². The van der Waals surface area contributed by atoms with Crippen molar-refractivity contribution < 1.29 is 9.15 Å². The normalized spacial score (nSPS) is 10.9. The molecule has 4 rings (SSSR count). The summed E-state index contributed by atoms with van der Waals surface area (Å²) in [5, 5.41) is 1.58. The van der Waals surface area contributed by atoms with E-state index < -0.39 is 0 Å². The Hall–Kier alpha value is -3.04. The first kappa shape index (κ1) is 18.3. The number of hydrogen-bond acceptors (Lipinski definition) is 3. The molecule has 0 amide bonds. The highest BCUT2D eigenvalue weighted by Crippen LogP contribution is 2.33. The second kappa shape index (κ2) is 7.91. The molecule has 0 aliphatic carbocycles. The van der Waals surface area contributed by atoms with E-state index in [0.29, 0.717) is 23.0 Å². The third-order valence-electron chi connectivity index (χ3n) is 4.67. The molecule has 4 heteroatoms. The summed E-state index contributed by atoms with van der Waals surface area (Å²) in [5.74, 6) is 0.711. The number of hydrogen-bond donors (Lipinski definition) is 0. The van der Waals surface area contributed by atoms with Crippen LogP contribution in [0.5, 0.6) is 5.75 Å². The van der Waals surface area contributed by atoms with E-state index in [2.05, 4.69) is 6.92 Å². The molecule has 3 aromatic carbocycles. The van der Waals surface area contributed by atoms with Crippen molar-refractivity contribution in [3.63, 3.8) is 0 Å². The van der Waals surface area contributed by atoms with Gasteiger partial charge in [-0.25, -0.2) is 4.79 Å². The van der Waals surface area contributed by atoms with Gasteiger partial charge in [-0.15, -0.1) is 0 Å². The smallest absolute Gasteiger partial charge is 0.336 e. The molecule has 0 aliphatic heterocycles. The van der Waals surface area contributed by atoms with Crippen LogP contribution in [0.2, 0.25) is 5.02 Å². The van der Waals surface area contributed by atoms with Gasteiger partial charge in [-0.2, -0.15) is 0 Å². The summed E-state index contributed by atoms with van der Waals surface area (Å²) >= 11 is 6.05. The Kier molecular flexibility index (Phi) is 5.18. The number of halogens is 1. The van der Waals surface area contributed by atoms with E-state index in [4.69, 9.17) is 20.8 Å². The topological polar surface area (TPSA) is 39.4 Å². The van der Waals surface area contributed by atoms with E-state index >= 15 is 0 Å². The van der Waals surface area contributed by atoms with E-state index in [-0.39, 0.29) is 5.63 Å². The van der Waals surface area contributed by atoms with Crippen molar-refractivity contribution in [1.29, 1.82) is 0 Å². The maximum Gasteiger partial charge on any atom is 0.336 e. The Morgan fingerprint density at radius 3 is 2.54 bits per heavy atom. The minimum Gasteiger partial charge on any atom is -0.488 e. The fraction of sp³-hybridized carbons (Fsp3) is 0.125. The Morgan fingerprint density at radius 1 is 0.964 bits per heavy atom. The van der Waals surface area contributed by atoms with Gasteiger partial charge in [0.1, 0.15) is 17.9 Å². The van der Waals surface area contributed by atoms with E-state index in [0.717, 1.165) is 34.1 Å². The lowest BCUT2D eigenvalue weighted by Gasteiger charge is -2.13. The van der Waals surface area contributed by atoms with Crippen LogP contribution in [0.1, 0.15) is 18.1 Å². The third-order valence-corrected chi connectivity index (χ3v) is 4.91. The molecule has 0 N–H and O–H groups in total. The van der Waals surface area contributed by atoms with Crippen molar-refractivity contribution in [2.24, 2.45) is 0 Å². The molecule has 1 aromatic heterocycles. The zero-order valence-corrected chi connectivity index (χ0v) is 16.2. The molecule has 0 spiro atoms. The van der Waals surface area contributed by atoms with E-state index in [1.165, 1.54) is 0 Å². The standard InChI is InChI=1S/C24H19ClO3/c1-2-17-12-21-20(18-8-4-3-5-9-18)13-24(26)28-23(21)14-22(17)27-15-16-7-6-10-19(25)11-16/h3-14H,2,15H2,1H3. The monoisotopic (exact) mass is 390 g/mol. The maximum atomic E-state index is 12.1. The molecule has 0 unspecified atom stereocenters. The molecule has 28 heavy (non-hydrogen) atoms. The first-order valence-corrected chi connectivity index (χ1v) is 9.55. The molecule has 0 atom stereocenters. The van der Waals surface area contributed by atoms with E-state index in [1.807, 2.05) is 66.7 Å². The van der Waals surface area contributed by atoms with Crippen LogP contribution >= 0.6 is 11.6 Å². The van der Waals surface area contributed by atoms with Crippen molar-refractivity contribution in [3.05, 3.63) is 99.4 Å².